The van der Waals surface area contributed by atoms with Crippen LogP contribution in [0.4, 0.5) is 10.1 Å². The zero-order valence-electron chi connectivity index (χ0n) is 14.9. The maximum Gasteiger partial charge on any atom is 0.258 e. The van der Waals surface area contributed by atoms with Crippen molar-refractivity contribution in [3.05, 3.63) is 53.8 Å². The fourth-order valence-corrected chi connectivity index (χ4v) is 4.40. The van der Waals surface area contributed by atoms with E-state index in [9.17, 15) is 17.6 Å². The number of hydrogen-bond donors (Lipinski definition) is 2. The second kappa shape index (κ2) is 8.06. The van der Waals surface area contributed by atoms with Gasteiger partial charge >= 0.3 is 0 Å². The number of ether oxygens (including phenoxy) is 1. The van der Waals surface area contributed by atoms with Crippen molar-refractivity contribution in [2.24, 2.45) is 0 Å². The number of nitrogens with one attached hydrogen (secondary N) is 2. The molecule has 2 N–H and O–H groups in total. The predicted octanol–water partition coefficient (Wildman–Crippen LogP) is 3.31. The van der Waals surface area contributed by atoms with E-state index >= 15 is 0 Å². The summed E-state index contributed by atoms with van der Waals surface area (Å²) >= 11 is 0. The molecule has 0 saturated heterocycles. The van der Waals surface area contributed by atoms with E-state index < -0.39 is 21.7 Å². The van der Waals surface area contributed by atoms with E-state index in [2.05, 4.69) is 10.0 Å². The van der Waals surface area contributed by atoms with Crippen LogP contribution >= 0.6 is 0 Å². The fourth-order valence-electron chi connectivity index (χ4n) is 3.09. The van der Waals surface area contributed by atoms with Crippen molar-refractivity contribution in [3.63, 3.8) is 0 Å². The summed E-state index contributed by atoms with van der Waals surface area (Å²) in [6, 6.07) is 10.0. The number of amides is 1. The zero-order chi connectivity index (χ0) is 19.4. The zero-order valence-corrected chi connectivity index (χ0v) is 15.7. The van der Waals surface area contributed by atoms with E-state index in [-0.39, 0.29) is 22.3 Å². The van der Waals surface area contributed by atoms with E-state index in [1.54, 1.807) is 0 Å². The molecule has 2 aromatic rings. The minimum Gasteiger partial charge on any atom is -0.494 e. The van der Waals surface area contributed by atoms with Crippen molar-refractivity contribution in [1.29, 1.82) is 0 Å². The van der Waals surface area contributed by atoms with Crippen molar-refractivity contribution in [2.75, 3.05) is 12.4 Å². The Morgan fingerprint density at radius 2 is 1.78 bits per heavy atom. The topological polar surface area (TPSA) is 84.5 Å². The third-order valence-electron chi connectivity index (χ3n) is 4.53. The van der Waals surface area contributed by atoms with Gasteiger partial charge < -0.3 is 10.1 Å². The Kier molecular flexibility index (Phi) is 5.76. The summed E-state index contributed by atoms with van der Waals surface area (Å²) in [5, 5.41) is 2.55. The number of carbonyl (C=O) groups excluding carboxylic acids is 1. The third-order valence-corrected chi connectivity index (χ3v) is 6.06. The van der Waals surface area contributed by atoms with Gasteiger partial charge in [0.1, 0.15) is 0 Å². The van der Waals surface area contributed by atoms with Crippen LogP contribution < -0.4 is 14.8 Å². The molecule has 0 aromatic heterocycles. The quantitative estimate of drug-likeness (QED) is 0.790. The lowest BCUT2D eigenvalue weighted by molar-refractivity contribution is 0.102. The minimum absolute atomic E-state index is 0.0228. The predicted molar refractivity (Wildman–Crippen MR) is 99.9 cm³/mol. The van der Waals surface area contributed by atoms with Crippen molar-refractivity contribution >= 4 is 21.6 Å². The molecule has 1 fully saturated rings. The van der Waals surface area contributed by atoms with Crippen LogP contribution in [-0.2, 0) is 10.0 Å². The lowest BCUT2D eigenvalue weighted by Gasteiger charge is -2.13. The average Bonchev–Trinajstić information content (AvgIpc) is 3.14. The highest BCUT2D eigenvalue weighted by molar-refractivity contribution is 7.89. The number of sulfonamides is 1. The summed E-state index contributed by atoms with van der Waals surface area (Å²) in [6.45, 7) is 0. The number of carbonyl (C=O) groups is 1. The number of rotatable bonds is 6. The molecule has 6 nitrogen and oxygen atoms in total. The molecule has 0 atom stereocenters. The first kappa shape index (κ1) is 19.3. The van der Waals surface area contributed by atoms with Crippen molar-refractivity contribution in [2.45, 2.75) is 36.6 Å². The molecule has 3 rings (SSSR count). The number of anilines is 1. The second-order valence-electron chi connectivity index (χ2n) is 6.40. The molecular weight excluding hydrogens is 371 g/mol. The van der Waals surface area contributed by atoms with Gasteiger partial charge in [-0.15, -0.1) is 0 Å². The molecule has 0 bridgehead atoms. The molecule has 0 heterocycles. The standard InChI is InChI=1S/C19H21FN2O4S/c1-26-17-8-4-7-16(18(17)20)19(23)21-13-9-11-15(12-10-13)27(24,25)22-14-5-2-3-6-14/h4,7-12,14,22H,2-3,5-6H2,1H3,(H,21,23). The smallest absolute Gasteiger partial charge is 0.258 e. The van der Waals surface area contributed by atoms with Crippen LogP contribution in [0.3, 0.4) is 0 Å². The maximum absolute atomic E-state index is 14.2. The molecule has 0 aliphatic heterocycles. The summed E-state index contributed by atoms with van der Waals surface area (Å²) in [4.78, 5) is 12.4. The molecule has 1 saturated carbocycles. The van der Waals surface area contributed by atoms with Crippen LogP contribution in [-0.4, -0.2) is 27.5 Å². The molecule has 8 heteroatoms. The molecule has 1 amide bonds. The van der Waals surface area contributed by atoms with Crippen LogP contribution in [0.5, 0.6) is 5.75 Å². The van der Waals surface area contributed by atoms with Gasteiger partial charge in [0, 0.05) is 11.7 Å². The number of methoxy groups -OCH3 is 1. The molecule has 1 aliphatic rings. The van der Waals surface area contributed by atoms with Gasteiger partial charge in [-0.1, -0.05) is 18.9 Å². The monoisotopic (exact) mass is 392 g/mol. The molecular formula is C19H21FN2O4S. The Morgan fingerprint density at radius 1 is 1.11 bits per heavy atom. The lowest BCUT2D eigenvalue weighted by Crippen LogP contribution is -2.32. The fraction of sp³-hybridized carbons (Fsp3) is 0.316. The van der Waals surface area contributed by atoms with Crippen LogP contribution in [0.15, 0.2) is 47.4 Å². The first-order chi connectivity index (χ1) is 12.9. The summed E-state index contributed by atoms with van der Waals surface area (Å²) in [6.07, 6.45) is 3.75. The first-order valence-corrected chi connectivity index (χ1v) is 10.2. The van der Waals surface area contributed by atoms with Crippen LogP contribution in [0.1, 0.15) is 36.0 Å². The molecule has 0 unspecified atom stereocenters. The van der Waals surface area contributed by atoms with Gasteiger partial charge in [-0.3, -0.25) is 4.79 Å². The van der Waals surface area contributed by atoms with E-state index in [1.165, 1.54) is 49.6 Å². The van der Waals surface area contributed by atoms with Crippen molar-refractivity contribution < 1.29 is 22.3 Å². The number of halogens is 1. The molecule has 27 heavy (non-hydrogen) atoms. The van der Waals surface area contributed by atoms with Gasteiger partial charge in [-0.2, -0.15) is 0 Å². The van der Waals surface area contributed by atoms with Gasteiger partial charge in [0.25, 0.3) is 5.91 Å². The van der Waals surface area contributed by atoms with Crippen LogP contribution in [0.25, 0.3) is 0 Å². The van der Waals surface area contributed by atoms with Gasteiger partial charge in [0.15, 0.2) is 11.6 Å². The molecule has 1 aliphatic carbocycles. The molecule has 0 spiro atoms. The Hall–Kier alpha value is -2.45. The maximum atomic E-state index is 14.2. The minimum atomic E-state index is -3.60. The Bertz CT molecular complexity index is 923. The first-order valence-electron chi connectivity index (χ1n) is 8.67. The van der Waals surface area contributed by atoms with Gasteiger partial charge in [0.05, 0.1) is 17.6 Å². The SMILES string of the molecule is COc1cccc(C(=O)Nc2ccc(S(=O)(=O)NC3CCCC3)cc2)c1F. The highest BCUT2D eigenvalue weighted by atomic mass is 32.2. The third kappa shape index (κ3) is 4.45. The Morgan fingerprint density at radius 3 is 2.41 bits per heavy atom. The largest absolute Gasteiger partial charge is 0.494 e. The van der Waals surface area contributed by atoms with Crippen LogP contribution in [0, 0.1) is 5.82 Å². The van der Waals surface area contributed by atoms with E-state index in [4.69, 9.17) is 4.74 Å². The summed E-state index contributed by atoms with van der Waals surface area (Å²) in [5.41, 5.74) is 0.205. The summed E-state index contributed by atoms with van der Waals surface area (Å²) in [7, 11) is -2.28. The van der Waals surface area contributed by atoms with Crippen molar-refractivity contribution in [1.82, 2.24) is 4.72 Å². The average molecular weight is 392 g/mol. The van der Waals surface area contributed by atoms with E-state index in [1.807, 2.05) is 0 Å². The Balaban J connectivity index is 1.71. The van der Waals surface area contributed by atoms with Gasteiger partial charge in [0.2, 0.25) is 10.0 Å². The molecule has 144 valence electrons. The van der Waals surface area contributed by atoms with Gasteiger partial charge in [-0.05, 0) is 49.2 Å². The lowest BCUT2D eigenvalue weighted by atomic mass is 10.2. The van der Waals surface area contributed by atoms with E-state index in [0.717, 1.165) is 25.7 Å². The normalized spacial score (nSPS) is 14.9. The second-order valence-corrected chi connectivity index (χ2v) is 8.12. The Labute approximate surface area is 157 Å². The summed E-state index contributed by atoms with van der Waals surface area (Å²) in [5.74, 6) is -1.43. The highest BCUT2D eigenvalue weighted by Gasteiger charge is 2.23. The van der Waals surface area contributed by atoms with Crippen molar-refractivity contribution in [3.8, 4) is 5.75 Å². The summed E-state index contributed by atoms with van der Waals surface area (Å²) < 4.78 is 46.5. The number of benzene rings is 2. The molecule has 0 radical (unpaired) electrons. The van der Waals surface area contributed by atoms with Gasteiger partial charge in [-0.25, -0.2) is 17.5 Å². The molecule has 2 aromatic carbocycles. The van der Waals surface area contributed by atoms with E-state index in [0.29, 0.717) is 5.69 Å². The highest BCUT2D eigenvalue weighted by Crippen LogP contribution is 2.23. The van der Waals surface area contributed by atoms with Crippen LogP contribution in [0.2, 0.25) is 0 Å². The number of hydrogen-bond acceptors (Lipinski definition) is 4.